The van der Waals surface area contributed by atoms with Gasteiger partial charge in [-0.05, 0) is 36.7 Å². The van der Waals surface area contributed by atoms with Crippen LogP contribution in [-0.2, 0) is 0 Å². The Balaban J connectivity index is 1.64. The maximum atomic E-state index is 6.06. The molecule has 1 saturated carbocycles. The van der Waals surface area contributed by atoms with Crippen molar-refractivity contribution in [1.82, 2.24) is 24.8 Å². The normalized spacial score (nSPS) is 14.4. The molecule has 0 radical (unpaired) electrons. The summed E-state index contributed by atoms with van der Waals surface area (Å²) in [5.74, 6) is 8.24. The van der Waals surface area contributed by atoms with Gasteiger partial charge in [-0.15, -0.1) is 10.2 Å². The molecule has 3 heterocycles. The minimum atomic E-state index is 0.424. The Morgan fingerprint density at radius 2 is 2.18 bits per heavy atom. The molecule has 0 bridgehead atoms. The highest BCUT2D eigenvalue weighted by Crippen LogP contribution is 2.39. The van der Waals surface area contributed by atoms with Gasteiger partial charge in [0.05, 0.1) is 6.26 Å². The number of nitrogens with zero attached hydrogens (tertiary/aromatic N) is 5. The fourth-order valence-electron chi connectivity index (χ4n) is 2.00. The van der Waals surface area contributed by atoms with Crippen molar-refractivity contribution in [2.45, 2.75) is 28.9 Å². The molecule has 3 aromatic rings. The van der Waals surface area contributed by atoms with Gasteiger partial charge in [0, 0.05) is 12.0 Å². The van der Waals surface area contributed by atoms with Crippen LogP contribution in [0.4, 0.5) is 0 Å². The lowest BCUT2D eigenvalue weighted by Gasteiger charge is -2.04. The molecule has 3 aromatic heterocycles. The molecule has 0 aromatic carbocycles. The fraction of sp³-hybridized carbons (Fsp3) is 0.231. The Labute approximate surface area is 134 Å². The molecule has 4 rings (SSSR count). The van der Waals surface area contributed by atoms with Gasteiger partial charge in [-0.25, -0.2) is 14.6 Å². The third-order valence-electron chi connectivity index (χ3n) is 3.23. The van der Waals surface area contributed by atoms with Gasteiger partial charge in [0.25, 0.3) is 0 Å². The number of hydrogen-bond donors (Lipinski definition) is 1. The molecule has 0 saturated heterocycles. The summed E-state index contributed by atoms with van der Waals surface area (Å²) < 4.78 is 6.65. The van der Waals surface area contributed by atoms with E-state index in [0.717, 1.165) is 18.7 Å². The highest BCUT2D eigenvalue weighted by molar-refractivity contribution is 7.99. The van der Waals surface area contributed by atoms with Gasteiger partial charge in [-0.3, -0.25) is 0 Å². The molecule has 9 heteroatoms. The van der Waals surface area contributed by atoms with E-state index in [2.05, 4.69) is 20.2 Å². The summed E-state index contributed by atoms with van der Waals surface area (Å²) in [6.45, 7) is 0. The molecule has 22 heavy (non-hydrogen) atoms. The van der Waals surface area contributed by atoms with Crippen LogP contribution in [0.2, 0.25) is 5.15 Å². The molecule has 0 amide bonds. The molecule has 0 atom stereocenters. The van der Waals surface area contributed by atoms with Crippen LogP contribution in [0.3, 0.4) is 0 Å². The van der Waals surface area contributed by atoms with E-state index in [0.29, 0.717) is 32.8 Å². The predicted molar refractivity (Wildman–Crippen MR) is 81.0 cm³/mol. The quantitative estimate of drug-likeness (QED) is 0.578. The Morgan fingerprint density at radius 1 is 1.32 bits per heavy atom. The van der Waals surface area contributed by atoms with Gasteiger partial charge >= 0.3 is 0 Å². The largest absolute Gasteiger partial charge is 0.461 e. The van der Waals surface area contributed by atoms with E-state index in [1.165, 1.54) is 16.4 Å². The lowest BCUT2D eigenvalue weighted by atomic mass is 10.4. The van der Waals surface area contributed by atoms with E-state index in [1.54, 1.807) is 24.5 Å². The van der Waals surface area contributed by atoms with Crippen LogP contribution >= 0.6 is 23.4 Å². The van der Waals surface area contributed by atoms with E-state index in [1.807, 2.05) is 0 Å². The SMILES string of the molecule is Nn1c(Sc2cc(Cl)nc(C3CC3)n2)nnc1-c1ccco1. The molecule has 0 aliphatic heterocycles. The summed E-state index contributed by atoms with van der Waals surface area (Å²) in [5.41, 5.74) is 0. The van der Waals surface area contributed by atoms with E-state index < -0.39 is 0 Å². The minimum Gasteiger partial charge on any atom is -0.461 e. The molecule has 112 valence electrons. The first-order valence-corrected chi connectivity index (χ1v) is 7.87. The van der Waals surface area contributed by atoms with Crippen molar-refractivity contribution in [3.63, 3.8) is 0 Å². The van der Waals surface area contributed by atoms with E-state index >= 15 is 0 Å². The second-order valence-electron chi connectivity index (χ2n) is 4.92. The third-order valence-corrected chi connectivity index (χ3v) is 4.31. The second-order valence-corrected chi connectivity index (χ2v) is 6.29. The first kappa shape index (κ1) is 13.6. The molecule has 1 aliphatic rings. The second kappa shape index (κ2) is 5.29. The summed E-state index contributed by atoms with van der Waals surface area (Å²) in [4.78, 5) is 8.77. The number of furan rings is 1. The zero-order chi connectivity index (χ0) is 15.1. The third kappa shape index (κ3) is 2.55. The van der Waals surface area contributed by atoms with Gasteiger partial charge in [0.1, 0.15) is 16.0 Å². The average molecular weight is 335 g/mol. The molecule has 2 N–H and O–H groups in total. The van der Waals surface area contributed by atoms with Gasteiger partial charge in [0.2, 0.25) is 11.0 Å². The topological polar surface area (TPSA) is 95.7 Å². The summed E-state index contributed by atoms with van der Waals surface area (Å²) >= 11 is 7.35. The van der Waals surface area contributed by atoms with Crippen LogP contribution in [0, 0.1) is 0 Å². The first-order chi connectivity index (χ1) is 10.7. The van der Waals surface area contributed by atoms with Crippen LogP contribution in [0.1, 0.15) is 24.6 Å². The van der Waals surface area contributed by atoms with Gasteiger partial charge in [-0.2, -0.15) is 0 Å². The van der Waals surface area contributed by atoms with Crippen LogP contribution in [0.5, 0.6) is 0 Å². The number of halogens is 1. The molecule has 1 fully saturated rings. The van der Waals surface area contributed by atoms with Crippen molar-refractivity contribution in [3.05, 3.63) is 35.4 Å². The van der Waals surface area contributed by atoms with Crippen molar-refractivity contribution in [3.8, 4) is 11.6 Å². The standard InChI is InChI=1S/C13H11ClN6OS/c14-9-6-10(17-11(16-9)7-3-4-7)22-13-19-18-12(20(13)15)8-2-1-5-21-8/h1-2,5-7H,3-4,15H2. The van der Waals surface area contributed by atoms with Crippen LogP contribution < -0.4 is 5.84 Å². The van der Waals surface area contributed by atoms with Crippen molar-refractivity contribution in [2.24, 2.45) is 0 Å². The summed E-state index contributed by atoms with van der Waals surface area (Å²) in [7, 11) is 0. The number of nitrogen functional groups attached to an aromatic ring is 1. The number of hydrogen-bond acceptors (Lipinski definition) is 7. The lowest BCUT2D eigenvalue weighted by molar-refractivity contribution is 0.574. The van der Waals surface area contributed by atoms with Crippen molar-refractivity contribution < 1.29 is 4.42 Å². The Bertz CT molecular complexity index is 814. The average Bonchev–Trinajstić information content (AvgIpc) is 3.10. The molecule has 7 nitrogen and oxygen atoms in total. The first-order valence-electron chi connectivity index (χ1n) is 6.67. The predicted octanol–water partition coefficient (Wildman–Crippen LogP) is 2.72. The van der Waals surface area contributed by atoms with E-state index in [4.69, 9.17) is 21.9 Å². The summed E-state index contributed by atoms with van der Waals surface area (Å²) in [6, 6.07) is 5.23. The molecule has 0 unspecified atom stereocenters. The maximum absolute atomic E-state index is 6.06. The maximum Gasteiger partial charge on any atom is 0.218 e. The highest BCUT2D eigenvalue weighted by atomic mass is 35.5. The molecule has 0 spiro atoms. The Morgan fingerprint density at radius 3 is 2.91 bits per heavy atom. The number of rotatable bonds is 4. The zero-order valence-corrected chi connectivity index (χ0v) is 12.9. The van der Waals surface area contributed by atoms with Gasteiger partial charge in [-0.1, -0.05) is 11.6 Å². The zero-order valence-electron chi connectivity index (χ0n) is 11.3. The van der Waals surface area contributed by atoms with Gasteiger partial charge < -0.3 is 10.3 Å². The highest BCUT2D eigenvalue weighted by Gasteiger charge is 2.27. The van der Waals surface area contributed by atoms with E-state index in [9.17, 15) is 0 Å². The van der Waals surface area contributed by atoms with Crippen LogP contribution in [0.25, 0.3) is 11.6 Å². The van der Waals surface area contributed by atoms with Crippen LogP contribution in [0.15, 0.2) is 39.1 Å². The Hall–Kier alpha value is -2.06. The van der Waals surface area contributed by atoms with Crippen LogP contribution in [-0.4, -0.2) is 24.8 Å². The number of nitrogens with two attached hydrogens (primary N) is 1. The van der Waals surface area contributed by atoms with Crippen molar-refractivity contribution in [1.29, 1.82) is 0 Å². The smallest absolute Gasteiger partial charge is 0.218 e. The molecule has 1 aliphatic carbocycles. The lowest BCUT2D eigenvalue weighted by Crippen LogP contribution is -2.11. The number of aromatic nitrogens is 5. The molecular weight excluding hydrogens is 324 g/mol. The van der Waals surface area contributed by atoms with E-state index in [-0.39, 0.29) is 0 Å². The van der Waals surface area contributed by atoms with Crippen molar-refractivity contribution >= 4 is 23.4 Å². The molecular formula is C13H11ClN6OS. The fourth-order valence-corrected chi connectivity index (χ4v) is 3.02. The monoisotopic (exact) mass is 334 g/mol. The summed E-state index contributed by atoms with van der Waals surface area (Å²) in [5, 5.41) is 9.75. The van der Waals surface area contributed by atoms with Crippen molar-refractivity contribution in [2.75, 3.05) is 5.84 Å². The Kier molecular flexibility index (Phi) is 3.27. The van der Waals surface area contributed by atoms with Gasteiger partial charge in [0.15, 0.2) is 5.76 Å². The summed E-state index contributed by atoms with van der Waals surface area (Å²) in [6.07, 6.45) is 3.78. The minimum absolute atomic E-state index is 0.424.